The average Bonchev–Trinajstić information content (AvgIpc) is 3.17. The Bertz CT molecular complexity index is 1070. The summed E-state index contributed by atoms with van der Waals surface area (Å²) >= 11 is 3.45. The highest BCUT2D eigenvalue weighted by Crippen LogP contribution is 2.29. The molecule has 4 aromatic rings. The van der Waals surface area contributed by atoms with Crippen LogP contribution in [0.15, 0.2) is 89.7 Å². The van der Waals surface area contributed by atoms with Crippen molar-refractivity contribution < 1.29 is 8.78 Å². The fourth-order valence-corrected chi connectivity index (χ4v) is 3.68. The summed E-state index contributed by atoms with van der Waals surface area (Å²) < 4.78 is 30.7. The Kier molecular flexibility index (Phi) is 5.90. The van der Waals surface area contributed by atoms with Crippen LogP contribution >= 0.6 is 15.9 Å². The van der Waals surface area contributed by atoms with Gasteiger partial charge in [-0.3, -0.25) is 4.98 Å². The fraction of sp³-hybridized carbons (Fsp3) is 0.0870. The van der Waals surface area contributed by atoms with Crippen LogP contribution in [0.5, 0.6) is 0 Å². The Hall–Kier alpha value is -2.73. The van der Waals surface area contributed by atoms with Gasteiger partial charge in [-0.05, 0) is 59.7 Å². The summed E-state index contributed by atoms with van der Waals surface area (Å²) in [5, 5.41) is 0. The van der Waals surface area contributed by atoms with Crippen LogP contribution < -0.4 is 5.72 Å². The Balaban J connectivity index is 1.63. The van der Waals surface area contributed by atoms with Crippen LogP contribution in [0.1, 0.15) is 17.0 Å². The molecule has 4 rings (SSSR count). The number of nitrogens with zero attached hydrogens (tertiary/aromatic N) is 2. The molecule has 1 radical (unpaired) electrons. The van der Waals surface area contributed by atoms with E-state index in [-0.39, 0.29) is 17.6 Å². The second-order valence-corrected chi connectivity index (χ2v) is 7.65. The molecular formula is C23H17BBrF2N2. The predicted octanol–water partition coefficient (Wildman–Crippen LogP) is 5.49. The maximum atomic E-state index is 13.8. The molecule has 0 unspecified atom stereocenters. The summed E-state index contributed by atoms with van der Waals surface area (Å²) in [6, 6.07) is 20.9. The zero-order chi connectivity index (χ0) is 20.2. The predicted molar refractivity (Wildman–Crippen MR) is 116 cm³/mol. The van der Waals surface area contributed by atoms with E-state index in [0.717, 1.165) is 27.0 Å². The summed E-state index contributed by atoms with van der Waals surface area (Å²) in [5.41, 5.74) is 3.37. The Labute approximate surface area is 177 Å². The first-order valence-corrected chi connectivity index (χ1v) is 10.0. The molecule has 2 nitrogen and oxygen atoms in total. The van der Waals surface area contributed by atoms with Crippen molar-refractivity contribution in [3.05, 3.63) is 112 Å². The molecule has 143 valence electrons. The summed E-state index contributed by atoms with van der Waals surface area (Å²) in [5.74, 6) is -0.794. The van der Waals surface area contributed by atoms with Crippen molar-refractivity contribution in [3.63, 3.8) is 0 Å². The monoisotopic (exact) mass is 449 g/mol. The van der Waals surface area contributed by atoms with E-state index < -0.39 is 0 Å². The molecule has 6 heteroatoms. The van der Waals surface area contributed by atoms with Gasteiger partial charge in [0.25, 0.3) is 0 Å². The van der Waals surface area contributed by atoms with E-state index in [1.807, 2.05) is 54.4 Å². The zero-order valence-corrected chi connectivity index (χ0v) is 17.1. The van der Waals surface area contributed by atoms with E-state index in [1.165, 1.54) is 24.3 Å². The van der Waals surface area contributed by atoms with E-state index in [9.17, 15) is 8.78 Å². The van der Waals surface area contributed by atoms with E-state index >= 15 is 0 Å². The van der Waals surface area contributed by atoms with E-state index in [1.54, 1.807) is 18.3 Å². The van der Waals surface area contributed by atoms with Gasteiger partial charge < -0.3 is 4.57 Å². The summed E-state index contributed by atoms with van der Waals surface area (Å²) in [6.07, 6.45) is 4.20. The van der Waals surface area contributed by atoms with Crippen molar-refractivity contribution in [2.75, 3.05) is 0 Å². The lowest BCUT2D eigenvalue weighted by atomic mass is 9.65. The van der Waals surface area contributed by atoms with Crippen molar-refractivity contribution >= 4 is 28.9 Å². The van der Waals surface area contributed by atoms with Crippen LogP contribution in [0.25, 0.3) is 5.69 Å². The molecular weight excluding hydrogens is 433 g/mol. The van der Waals surface area contributed by atoms with Gasteiger partial charge >= 0.3 is 0 Å². The fourth-order valence-electron chi connectivity index (χ4n) is 3.42. The molecule has 0 spiro atoms. The number of aromatic nitrogens is 2. The third-order valence-corrected chi connectivity index (χ3v) is 5.34. The average molecular weight is 450 g/mol. The van der Waals surface area contributed by atoms with Crippen LogP contribution in [-0.4, -0.2) is 16.8 Å². The third kappa shape index (κ3) is 4.65. The van der Waals surface area contributed by atoms with Crippen molar-refractivity contribution in [2.45, 2.75) is 12.2 Å². The minimum Gasteiger partial charge on any atom is -0.312 e. The molecule has 0 aliphatic heterocycles. The van der Waals surface area contributed by atoms with Gasteiger partial charge in [-0.25, -0.2) is 8.78 Å². The first-order valence-electron chi connectivity index (χ1n) is 9.23. The number of hydrogen-bond acceptors (Lipinski definition) is 1. The zero-order valence-electron chi connectivity index (χ0n) is 15.5. The minimum absolute atomic E-state index is 0.184. The lowest BCUT2D eigenvalue weighted by molar-refractivity contribution is 0.620. The quantitative estimate of drug-likeness (QED) is 0.356. The van der Waals surface area contributed by atoms with Crippen molar-refractivity contribution in [1.82, 2.24) is 9.55 Å². The lowest BCUT2D eigenvalue weighted by Gasteiger charge is -2.18. The van der Waals surface area contributed by atoms with Crippen LogP contribution in [0.3, 0.4) is 0 Å². The molecule has 0 bridgehead atoms. The summed E-state index contributed by atoms with van der Waals surface area (Å²) in [4.78, 5) is 4.46. The molecule has 3 aromatic carbocycles. The van der Waals surface area contributed by atoms with Crippen molar-refractivity contribution in [3.8, 4) is 5.69 Å². The molecule has 0 aliphatic carbocycles. The molecule has 0 amide bonds. The molecule has 29 heavy (non-hydrogen) atoms. The molecule has 0 atom stereocenters. The molecule has 1 heterocycles. The Morgan fingerprint density at radius 1 is 0.897 bits per heavy atom. The first kappa shape index (κ1) is 19.6. The molecule has 0 N–H and O–H groups in total. The van der Waals surface area contributed by atoms with Gasteiger partial charge in [-0.1, -0.05) is 46.5 Å². The standard InChI is InChI=1S/C23H17BBrF2N2/c25-18-7-9-21(10-8-18)29-12-11-28-23(29)24-15-22(16-3-1-5-19(26)13-16)17-4-2-6-20(27)14-17/h1-14,22H,15H2. The topological polar surface area (TPSA) is 17.8 Å². The van der Waals surface area contributed by atoms with Crippen LogP contribution in [-0.2, 0) is 0 Å². The third-order valence-electron chi connectivity index (χ3n) is 4.81. The highest BCUT2D eigenvalue weighted by atomic mass is 79.9. The number of benzene rings is 3. The second-order valence-electron chi connectivity index (χ2n) is 6.73. The normalized spacial score (nSPS) is 11.0. The highest BCUT2D eigenvalue weighted by Gasteiger charge is 2.18. The molecule has 0 saturated carbocycles. The maximum absolute atomic E-state index is 13.8. The Morgan fingerprint density at radius 2 is 1.52 bits per heavy atom. The summed E-state index contributed by atoms with van der Waals surface area (Å²) in [6.45, 7) is 0. The van der Waals surface area contributed by atoms with E-state index in [2.05, 4.69) is 20.9 Å². The van der Waals surface area contributed by atoms with Gasteiger partial charge in [0.1, 0.15) is 11.6 Å². The number of rotatable bonds is 6. The smallest absolute Gasteiger partial charge is 0.203 e. The number of halogens is 3. The highest BCUT2D eigenvalue weighted by molar-refractivity contribution is 9.10. The number of hydrogen-bond donors (Lipinski definition) is 0. The van der Waals surface area contributed by atoms with Crippen molar-refractivity contribution in [1.29, 1.82) is 0 Å². The van der Waals surface area contributed by atoms with Gasteiger partial charge in [-0.2, -0.15) is 0 Å². The SMILES string of the molecule is Fc1cccc(C(C[B]c2nccn2-c2ccc(Br)cc2)c2cccc(F)c2)c1. The summed E-state index contributed by atoms with van der Waals surface area (Å²) in [7, 11) is 2.00. The van der Waals surface area contributed by atoms with Gasteiger partial charge in [-0.15, -0.1) is 0 Å². The molecule has 0 fully saturated rings. The molecule has 0 saturated heterocycles. The lowest BCUT2D eigenvalue weighted by Crippen LogP contribution is -2.26. The van der Waals surface area contributed by atoms with Gasteiger partial charge in [0, 0.05) is 28.5 Å². The molecule has 0 aliphatic rings. The second kappa shape index (κ2) is 8.74. The van der Waals surface area contributed by atoms with Gasteiger partial charge in [0.2, 0.25) is 7.28 Å². The first-order chi connectivity index (χ1) is 14.1. The van der Waals surface area contributed by atoms with Crippen LogP contribution in [0.4, 0.5) is 8.78 Å². The van der Waals surface area contributed by atoms with Gasteiger partial charge in [0.15, 0.2) is 0 Å². The van der Waals surface area contributed by atoms with Crippen LogP contribution in [0, 0.1) is 11.6 Å². The maximum Gasteiger partial charge on any atom is 0.203 e. The Morgan fingerprint density at radius 3 is 2.10 bits per heavy atom. The largest absolute Gasteiger partial charge is 0.312 e. The molecule has 1 aromatic heterocycles. The van der Waals surface area contributed by atoms with Crippen molar-refractivity contribution in [2.24, 2.45) is 0 Å². The van der Waals surface area contributed by atoms with E-state index in [0.29, 0.717) is 6.32 Å². The van der Waals surface area contributed by atoms with Gasteiger partial charge in [0.05, 0.1) is 5.72 Å². The number of imidazole rings is 1. The van der Waals surface area contributed by atoms with E-state index in [4.69, 9.17) is 0 Å². The minimum atomic E-state index is -0.305. The van der Waals surface area contributed by atoms with Crippen LogP contribution in [0.2, 0.25) is 6.32 Å².